The van der Waals surface area contributed by atoms with Crippen molar-refractivity contribution < 1.29 is 8.42 Å². The molecule has 0 radical (unpaired) electrons. The summed E-state index contributed by atoms with van der Waals surface area (Å²) in [4.78, 5) is 3.98. The van der Waals surface area contributed by atoms with Crippen LogP contribution in [0, 0.1) is 0 Å². The Bertz CT molecular complexity index is 985. The van der Waals surface area contributed by atoms with Crippen LogP contribution < -0.4 is 4.72 Å². The van der Waals surface area contributed by atoms with Crippen molar-refractivity contribution in [2.24, 2.45) is 0 Å². The standard InChI is InChI=1S/C15H10Cl3N3O2S/c16-10-2-1-3-13(8-10)24(22,23)20-11-4-6-12(7-5-11)21-9-19-14(17)15(21)18/h1-9,20H. The normalized spacial score (nSPS) is 11.5. The highest BCUT2D eigenvalue weighted by Gasteiger charge is 2.15. The van der Waals surface area contributed by atoms with Crippen molar-refractivity contribution in [2.45, 2.75) is 4.90 Å². The highest BCUT2D eigenvalue weighted by molar-refractivity contribution is 7.92. The Morgan fingerprint density at radius 2 is 1.71 bits per heavy atom. The summed E-state index contributed by atoms with van der Waals surface area (Å²) < 4.78 is 28.8. The number of nitrogens with zero attached hydrogens (tertiary/aromatic N) is 2. The molecule has 0 bridgehead atoms. The molecule has 2 aromatic carbocycles. The van der Waals surface area contributed by atoms with Crippen LogP contribution in [0.3, 0.4) is 0 Å². The topological polar surface area (TPSA) is 64.0 Å². The van der Waals surface area contributed by atoms with Gasteiger partial charge in [-0.15, -0.1) is 0 Å². The molecule has 1 aromatic heterocycles. The number of nitrogens with one attached hydrogen (secondary N) is 1. The van der Waals surface area contributed by atoms with E-state index in [0.717, 1.165) is 0 Å². The second kappa shape index (κ2) is 6.64. The Labute approximate surface area is 153 Å². The van der Waals surface area contributed by atoms with Crippen LogP contribution in [0.25, 0.3) is 5.69 Å². The zero-order chi connectivity index (χ0) is 17.3. The maximum atomic E-state index is 12.3. The molecule has 5 nitrogen and oxygen atoms in total. The first kappa shape index (κ1) is 17.1. The van der Waals surface area contributed by atoms with Gasteiger partial charge < -0.3 is 0 Å². The number of aromatic nitrogens is 2. The zero-order valence-electron chi connectivity index (χ0n) is 11.9. The van der Waals surface area contributed by atoms with Gasteiger partial charge in [0.2, 0.25) is 0 Å². The van der Waals surface area contributed by atoms with E-state index in [-0.39, 0.29) is 15.2 Å². The number of rotatable bonds is 4. The van der Waals surface area contributed by atoms with E-state index in [9.17, 15) is 8.42 Å². The quantitative estimate of drug-likeness (QED) is 0.692. The first-order chi connectivity index (χ1) is 11.4. The van der Waals surface area contributed by atoms with Crippen LogP contribution in [0.15, 0.2) is 59.8 Å². The molecule has 0 atom stereocenters. The van der Waals surface area contributed by atoms with Crippen LogP contribution in [0.1, 0.15) is 0 Å². The molecule has 0 saturated carbocycles. The Morgan fingerprint density at radius 1 is 1.00 bits per heavy atom. The van der Waals surface area contributed by atoms with Crippen LogP contribution in [0.5, 0.6) is 0 Å². The minimum absolute atomic E-state index is 0.0866. The molecule has 0 amide bonds. The van der Waals surface area contributed by atoms with Gasteiger partial charge in [0.15, 0.2) is 10.3 Å². The van der Waals surface area contributed by atoms with Crippen molar-refractivity contribution in [1.29, 1.82) is 0 Å². The first-order valence-corrected chi connectivity index (χ1v) is 9.26. The molecular formula is C15H10Cl3N3O2S. The molecule has 0 fully saturated rings. The van der Waals surface area contributed by atoms with Gasteiger partial charge in [-0.25, -0.2) is 13.4 Å². The molecule has 0 aliphatic carbocycles. The van der Waals surface area contributed by atoms with Gasteiger partial charge in [0.1, 0.15) is 6.33 Å². The van der Waals surface area contributed by atoms with Crippen molar-refractivity contribution in [1.82, 2.24) is 9.55 Å². The molecule has 0 unspecified atom stereocenters. The number of halogens is 3. The number of benzene rings is 2. The Balaban J connectivity index is 1.85. The van der Waals surface area contributed by atoms with E-state index in [1.54, 1.807) is 41.0 Å². The molecular weight excluding hydrogens is 393 g/mol. The molecule has 9 heteroatoms. The molecule has 124 valence electrons. The Morgan fingerprint density at radius 3 is 2.29 bits per heavy atom. The SMILES string of the molecule is O=S(=O)(Nc1ccc(-n2cnc(Cl)c2Cl)cc1)c1cccc(Cl)c1. The number of hydrogen-bond donors (Lipinski definition) is 1. The van der Waals surface area contributed by atoms with Crippen molar-refractivity contribution in [3.05, 3.63) is 70.2 Å². The van der Waals surface area contributed by atoms with Crippen molar-refractivity contribution in [3.63, 3.8) is 0 Å². The van der Waals surface area contributed by atoms with Crippen LogP contribution in [0.4, 0.5) is 5.69 Å². The zero-order valence-corrected chi connectivity index (χ0v) is 15.0. The molecule has 1 heterocycles. The lowest BCUT2D eigenvalue weighted by Gasteiger charge is -2.10. The number of anilines is 1. The highest BCUT2D eigenvalue weighted by atomic mass is 35.5. The largest absolute Gasteiger partial charge is 0.288 e. The van der Waals surface area contributed by atoms with Crippen LogP contribution >= 0.6 is 34.8 Å². The summed E-state index contributed by atoms with van der Waals surface area (Å²) in [6.45, 7) is 0. The molecule has 1 N–H and O–H groups in total. The van der Waals surface area contributed by atoms with Gasteiger partial charge >= 0.3 is 0 Å². The van der Waals surface area contributed by atoms with Crippen LogP contribution in [-0.4, -0.2) is 18.0 Å². The first-order valence-electron chi connectivity index (χ1n) is 6.64. The van der Waals surface area contributed by atoms with E-state index in [1.807, 2.05) is 0 Å². The summed E-state index contributed by atoms with van der Waals surface area (Å²) in [6.07, 6.45) is 1.48. The third-order valence-electron chi connectivity index (χ3n) is 3.17. The third kappa shape index (κ3) is 3.52. The molecule has 0 aliphatic rings. The Kier molecular flexibility index (Phi) is 4.73. The molecule has 0 aliphatic heterocycles. The second-order valence-corrected chi connectivity index (χ2v) is 7.64. The van der Waals surface area contributed by atoms with Gasteiger partial charge in [0, 0.05) is 16.4 Å². The number of sulfonamides is 1. The van der Waals surface area contributed by atoms with E-state index >= 15 is 0 Å². The van der Waals surface area contributed by atoms with Gasteiger partial charge in [-0.2, -0.15) is 0 Å². The van der Waals surface area contributed by atoms with Gasteiger partial charge in [0.05, 0.1) is 4.90 Å². The number of imidazole rings is 1. The lowest BCUT2D eigenvalue weighted by atomic mass is 10.3. The average Bonchev–Trinajstić information content (AvgIpc) is 2.88. The molecule has 3 rings (SSSR count). The molecule has 0 saturated heterocycles. The summed E-state index contributed by atoms with van der Waals surface area (Å²) >= 11 is 17.7. The maximum absolute atomic E-state index is 12.3. The lowest BCUT2D eigenvalue weighted by molar-refractivity contribution is 0.601. The predicted octanol–water partition coefficient (Wildman–Crippen LogP) is 4.63. The van der Waals surface area contributed by atoms with Gasteiger partial charge in [-0.1, -0.05) is 40.9 Å². The fraction of sp³-hybridized carbons (Fsp3) is 0. The van der Waals surface area contributed by atoms with Gasteiger partial charge in [0.25, 0.3) is 10.0 Å². The Hall–Kier alpha value is -1.73. The molecule has 3 aromatic rings. The second-order valence-electron chi connectivity index (χ2n) is 4.81. The monoisotopic (exact) mass is 401 g/mol. The van der Waals surface area contributed by atoms with Gasteiger partial charge in [-0.3, -0.25) is 9.29 Å². The molecule has 0 spiro atoms. The summed E-state index contributed by atoms with van der Waals surface area (Å²) in [7, 11) is -3.72. The summed E-state index contributed by atoms with van der Waals surface area (Å²) in [5.74, 6) is 0. The summed E-state index contributed by atoms with van der Waals surface area (Å²) in [5, 5.41) is 0.825. The molecule has 24 heavy (non-hydrogen) atoms. The van der Waals surface area contributed by atoms with Gasteiger partial charge in [-0.05, 0) is 42.5 Å². The van der Waals surface area contributed by atoms with E-state index in [4.69, 9.17) is 34.8 Å². The van der Waals surface area contributed by atoms with Crippen molar-refractivity contribution >= 4 is 50.5 Å². The predicted molar refractivity (Wildman–Crippen MR) is 95.8 cm³/mol. The van der Waals surface area contributed by atoms with Crippen molar-refractivity contribution in [3.8, 4) is 5.69 Å². The van der Waals surface area contributed by atoms with Crippen LogP contribution in [-0.2, 0) is 10.0 Å². The van der Waals surface area contributed by atoms with E-state index in [0.29, 0.717) is 16.4 Å². The third-order valence-corrected chi connectivity index (χ3v) is 5.52. The van der Waals surface area contributed by atoms with E-state index < -0.39 is 10.0 Å². The lowest BCUT2D eigenvalue weighted by Crippen LogP contribution is -2.12. The smallest absolute Gasteiger partial charge is 0.261 e. The average molecular weight is 403 g/mol. The van der Waals surface area contributed by atoms with E-state index in [1.165, 1.54) is 18.5 Å². The minimum Gasteiger partial charge on any atom is -0.288 e. The number of hydrogen-bond acceptors (Lipinski definition) is 3. The minimum atomic E-state index is -3.72. The fourth-order valence-corrected chi connectivity index (χ4v) is 3.71. The van der Waals surface area contributed by atoms with Crippen LogP contribution in [0.2, 0.25) is 15.3 Å². The summed E-state index contributed by atoms with van der Waals surface area (Å²) in [5.41, 5.74) is 1.10. The maximum Gasteiger partial charge on any atom is 0.261 e. The summed E-state index contributed by atoms with van der Waals surface area (Å²) in [6, 6.07) is 12.6. The van der Waals surface area contributed by atoms with Crippen molar-refractivity contribution in [2.75, 3.05) is 4.72 Å². The highest BCUT2D eigenvalue weighted by Crippen LogP contribution is 2.25. The fourth-order valence-electron chi connectivity index (χ4n) is 2.03. The van der Waals surface area contributed by atoms with E-state index in [2.05, 4.69) is 9.71 Å².